The Morgan fingerprint density at radius 1 is 1.50 bits per heavy atom. The fourth-order valence-corrected chi connectivity index (χ4v) is 1.33. The van der Waals surface area contributed by atoms with E-state index in [9.17, 15) is 8.78 Å². The Kier molecular flexibility index (Phi) is 3.88. The molecule has 0 aromatic heterocycles. The van der Waals surface area contributed by atoms with Crippen LogP contribution in [0, 0.1) is 5.92 Å². The van der Waals surface area contributed by atoms with Gasteiger partial charge >= 0.3 is 0 Å². The molecule has 0 aromatic carbocycles. The second-order valence-electron chi connectivity index (χ2n) is 3.47. The van der Waals surface area contributed by atoms with E-state index in [1.54, 1.807) is 0 Å². The fraction of sp³-hybridized carbons (Fsp3) is 1.00. The maximum atomic E-state index is 11.8. The highest BCUT2D eigenvalue weighted by Gasteiger charge is 2.18. The molecule has 0 atom stereocenters. The van der Waals surface area contributed by atoms with Gasteiger partial charge in [-0.15, -0.1) is 0 Å². The van der Waals surface area contributed by atoms with Gasteiger partial charge in [-0.2, -0.15) is 0 Å². The first-order valence-electron chi connectivity index (χ1n) is 4.36. The molecule has 0 saturated carbocycles. The smallest absolute Gasteiger partial charge is 0.239 e. The van der Waals surface area contributed by atoms with Crippen LogP contribution in [0.1, 0.15) is 6.42 Å². The Bertz CT molecular complexity index is 126. The highest BCUT2D eigenvalue weighted by Crippen LogP contribution is 2.06. The van der Waals surface area contributed by atoms with Gasteiger partial charge in [-0.3, -0.25) is 0 Å². The largest absolute Gasteiger partial charge is 0.316 e. The lowest BCUT2D eigenvalue weighted by atomic mass is 10.0. The van der Waals surface area contributed by atoms with Crippen LogP contribution in [-0.2, 0) is 0 Å². The summed E-state index contributed by atoms with van der Waals surface area (Å²) in [6.45, 7) is 3.53. The minimum absolute atomic E-state index is 0.00332. The molecular weight excluding hydrogens is 162 g/mol. The van der Waals surface area contributed by atoms with Crippen LogP contribution < -0.4 is 5.32 Å². The van der Waals surface area contributed by atoms with E-state index in [4.69, 9.17) is 0 Å². The summed E-state index contributed by atoms with van der Waals surface area (Å²) in [6.07, 6.45) is -2.16. The Hall–Kier alpha value is -0.220. The van der Waals surface area contributed by atoms with Gasteiger partial charge in [-0.05, 0) is 13.0 Å². The molecule has 1 fully saturated rings. The molecule has 12 heavy (non-hydrogen) atoms. The summed E-state index contributed by atoms with van der Waals surface area (Å²) in [7, 11) is 1.90. The molecule has 0 unspecified atom stereocenters. The number of nitrogens with zero attached hydrogens (tertiary/aromatic N) is 1. The average molecular weight is 178 g/mol. The van der Waals surface area contributed by atoms with Crippen molar-refractivity contribution in [2.75, 3.05) is 33.2 Å². The van der Waals surface area contributed by atoms with E-state index in [0.29, 0.717) is 12.5 Å². The summed E-state index contributed by atoms with van der Waals surface area (Å²) in [5, 5.41) is 3.16. The van der Waals surface area contributed by atoms with Crippen molar-refractivity contribution in [3.8, 4) is 0 Å². The van der Waals surface area contributed by atoms with Crippen molar-refractivity contribution in [2.24, 2.45) is 5.92 Å². The van der Waals surface area contributed by atoms with Crippen molar-refractivity contribution < 1.29 is 8.78 Å². The third kappa shape index (κ3) is 3.45. The molecular formula is C8H16F2N2. The van der Waals surface area contributed by atoms with Crippen LogP contribution in [0.3, 0.4) is 0 Å². The summed E-state index contributed by atoms with van der Waals surface area (Å²) in [6, 6.07) is 0. The molecule has 1 heterocycles. The van der Waals surface area contributed by atoms with Gasteiger partial charge in [0, 0.05) is 32.6 Å². The first-order chi connectivity index (χ1) is 5.68. The third-order valence-electron chi connectivity index (χ3n) is 2.16. The molecule has 0 radical (unpaired) electrons. The van der Waals surface area contributed by atoms with Crippen molar-refractivity contribution in [1.29, 1.82) is 0 Å². The summed E-state index contributed by atoms with van der Waals surface area (Å²) in [5.41, 5.74) is 0. The second-order valence-corrected chi connectivity index (χ2v) is 3.47. The van der Waals surface area contributed by atoms with E-state index in [2.05, 4.69) is 5.32 Å². The molecule has 0 bridgehead atoms. The molecule has 4 heteroatoms. The van der Waals surface area contributed by atoms with E-state index >= 15 is 0 Å². The number of alkyl halides is 2. The summed E-state index contributed by atoms with van der Waals surface area (Å²) >= 11 is 0. The van der Waals surface area contributed by atoms with E-state index in [-0.39, 0.29) is 6.42 Å². The van der Waals surface area contributed by atoms with Crippen LogP contribution >= 0.6 is 0 Å². The Labute approximate surface area is 71.9 Å². The van der Waals surface area contributed by atoms with Gasteiger partial charge in [0.1, 0.15) is 0 Å². The van der Waals surface area contributed by atoms with Crippen molar-refractivity contribution in [3.05, 3.63) is 0 Å². The summed E-state index contributed by atoms with van der Waals surface area (Å²) < 4.78 is 23.6. The molecule has 1 aliphatic rings. The van der Waals surface area contributed by atoms with E-state index in [0.717, 1.165) is 19.6 Å². The number of nitrogens with one attached hydrogen (secondary N) is 1. The van der Waals surface area contributed by atoms with Crippen LogP contribution in [0.25, 0.3) is 0 Å². The maximum absolute atomic E-state index is 11.8. The predicted octanol–water partition coefficient (Wildman–Crippen LogP) is 0.793. The van der Waals surface area contributed by atoms with E-state index < -0.39 is 6.43 Å². The van der Waals surface area contributed by atoms with Gasteiger partial charge < -0.3 is 10.2 Å². The molecule has 1 N–H and O–H groups in total. The van der Waals surface area contributed by atoms with E-state index in [1.165, 1.54) is 0 Å². The zero-order valence-corrected chi connectivity index (χ0v) is 7.39. The number of halogens is 2. The maximum Gasteiger partial charge on any atom is 0.239 e. The Balaban J connectivity index is 1.98. The number of hydrogen-bond donors (Lipinski definition) is 1. The quantitative estimate of drug-likeness (QED) is 0.669. The van der Waals surface area contributed by atoms with Crippen LogP contribution in [0.2, 0.25) is 0 Å². The SMILES string of the molecule is CN(CCC(F)F)CC1CNC1. The van der Waals surface area contributed by atoms with Gasteiger partial charge in [0.25, 0.3) is 0 Å². The molecule has 0 aliphatic carbocycles. The van der Waals surface area contributed by atoms with Crippen molar-refractivity contribution in [2.45, 2.75) is 12.8 Å². The molecule has 1 aliphatic heterocycles. The van der Waals surface area contributed by atoms with Crippen molar-refractivity contribution in [1.82, 2.24) is 10.2 Å². The number of rotatable bonds is 5. The third-order valence-corrected chi connectivity index (χ3v) is 2.16. The van der Waals surface area contributed by atoms with Gasteiger partial charge in [-0.1, -0.05) is 0 Å². The van der Waals surface area contributed by atoms with Gasteiger partial charge in [0.15, 0.2) is 0 Å². The van der Waals surface area contributed by atoms with Gasteiger partial charge in [0.05, 0.1) is 0 Å². The zero-order valence-electron chi connectivity index (χ0n) is 7.39. The molecule has 72 valence electrons. The van der Waals surface area contributed by atoms with Crippen LogP contribution in [0.4, 0.5) is 8.78 Å². The molecule has 1 rings (SSSR count). The van der Waals surface area contributed by atoms with Crippen molar-refractivity contribution in [3.63, 3.8) is 0 Å². The fourth-order valence-electron chi connectivity index (χ4n) is 1.33. The topological polar surface area (TPSA) is 15.3 Å². The highest BCUT2D eigenvalue weighted by atomic mass is 19.3. The predicted molar refractivity (Wildman–Crippen MR) is 44.5 cm³/mol. The molecule has 0 spiro atoms. The van der Waals surface area contributed by atoms with Crippen LogP contribution in [0.15, 0.2) is 0 Å². The lowest BCUT2D eigenvalue weighted by Crippen LogP contribution is -2.47. The number of hydrogen-bond acceptors (Lipinski definition) is 2. The molecule has 2 nitrogen and oxygen atoms in total. The minimum atomic E-state index is -2.16. The zero-order chi connectivity index (χ0) is 8.97. The van der Waals surface area contributed by atoms with Crippen molar-refractivity contribution >= 4 is 0 Å². The summed E-state index contributed by atoms with van der Waals surface area (Å²) in [5.74, 6) is 0.674. The van der Waals surface area contributed by atoms with Gasteiger partial charge in [-0.25, -0.2) is 8.78 Å². The Morgan fingerprint density at radius 2 is 2.17 bits per heavy atom. The van der Waals surface area contributed by atoms with Gasteiger partial charge in [0.2, 0.25) is 6.43 Å². The first-order valence-corrected chi connectivity index (χ1v) is 4.36. The molecule has 0 amide bonds. The normalized spacial score (nSPS) is 18.8. The molecule has 0 aromatic rings. The minimum Gasteiger partial charge on any atom is -0.316 e. The first kappa shape index (κ1) is 9.86. The van der Waals surface area contributed by atoms with Crippen LogP contribution in [0.5, 0.6) is 0 Å². The highest BCUT2D eigenvalue weighted by molar-refractivity contribution is 4.76. The Morgan fingerprint density at radius 3 is 2.58 bits per heavy atom. The lowest BCUT2D eigenvalue weighted by molar-refractivity contribution is 0.115. The summed E-state index contributed by atoms with van der Waals surface area (Å²) in [4.78, 5) is 1.98. The van der Waals surface area contributed by atoms with E-state index in [1.807, 2.05) is 11.9 Å². The van der Waals surface area contributed by atoms with Crippen LogP contribution in [-0.4, -0.2) is 44.6 Å². The monoisotopic (exact) mass is 178 g/mol. The molecule has 1 saturated heterocycles. The standard InChI is InChI=1S/C8H16F2N2/c1-12(3-2-8(9)10)6-7-4-11-5-7/h7-8,11H,2-6H2,1H3. The lowest BCUT2D eigenvalue weighted by Gasteiger charge is -2.31. The average Bonchev–Trinajstić information content (AvgIpc) is 1.93. The second kappa shape index (κ2) is 4.72.